The van der Waals surface area contributed by atoms with Crippen molar-refractivity contribution in [2.75, 3.05) is 19.6 Å². The average Bonchev–Trinajstić information content (AvgIpc) is 3.35. The van der Waals surface area contributed by atoms with Crippen molar-refractivity contribution >= 4 is 39.8 Å². The smallest absolute Gasteiger partial charge is 0.407 e. The van der Waals surface area contributed by atoms with E-state index in [1.165, 1.54) is 22.3 Å². The monoisotopic (exact) mass is 448 g/mol. The van der Waals surface area contributed by atoms with Crippen molar-refractivity contribution in [2.45, 2.75) is 32.2 Å². The summed E-state index contributed by atoms with van der Waals surface area (Å²) in [6, 6.07) is 1.39. The standard InChI is InChI=1S/C19H21ClN6O3S/c1-2-5-25(19(28)29)12-3-6-24(7-4-12)17(27)14-10-15(20)23-16(22-14)13-11-21-26-8-9-30-18(13)26/h8-12H,2-7H2,1H3,(H,28,29). The second-order valence-electron chi connectivity index (χ2n) is 7.11. The molecule has 0 bridgehead atoms. The molecular weight excluding hydrogens is 428 g/mol. The summed E-state index contributed by atoms with van der Waals surface area (Å²) in [5.74, 6) is 0.129. The van der Waals surface area contributed by atoms with E-state index in [1.807, 2.05) is 18.5 Å². The number of amides is 2. The molecule has 9 nitrogen and oxygen atoms in total. The highest BCUT2D eigenvalue weighted by molar-refractivity contribution is 7.16. The maximum atomic E-state index is 13.1. The van der Waals surface area contributed by atoms with Crippen LogP contribution >= 0.6 is 22.9 Å². The van der Waals surface area contributed by atoms with Gasteiger partial charge in [0.1, 0.15) is 15.7 Å². The number of halogens is 1. The Labute approximate surface area is 181 Å². The van der Waals surface area contributed by atoms with E-state index in [4.69, 9.17) is 11.6 Å². The molecule has 0 spiro atoms. The molecule has 0 radical (unpaired) electrons. The molecule has 1 N–H and O–H groups in total. The summed E-state index contributed by atoms with van der Waals surface area (Å²) >= 11 is 7.69. The Kier molecular flexibility index (Phi) is 5.87. The molecule has 1 aliphatic rings. The molecule has 1 fully saturated rings. The van der Waals surface area contributed by atoms with E-state index >= 15 is 0 Å². The van der Waals surface area contributed by atoms with Crippen LogP contribution in [-0.2, 0) is 0 Å². The zero-order valence-corrected chi connectivity index (χ0v) is 17.9. The highest BCUT2D eigenvalue weighted by Gasteiger charge is 2.30. The van der Waals surface area contributed by atoms with Gasteiger partial charge in [0.05, 0.1) is 11.8 Å². The Balaban J connectivity index is 1.51. The Morgan fingerprint density at radius 1 is 1.33 bits per heavy atom. The van der Waals surface area contributed by atoms with Gasteiger partial charge in [-0.3, -0.25) is 4.79 Å². The first-order valence-corrected chi connectivity index (χ1v) is 11.0. The topological polar surface area (TPSA) is 104 Å². The lowest BCUT2D eigenvalue weighted by atomic mass is 10.0. The van der Waals surface area contributed by atoms with E-state index in [0.29, 0.717) is 38.3 Å². The van der Waals surface area contributed by atoms with Crippen LogP contribution in [0.15, 0.2) is 23.8 Å². The van der Waals surface area contributed by atoms with Crippen LogP contribution in [0.4, 0.5) is 4.79 Å². The van der Waals surface area contributed by atoms with Gasteiger partial charge in [0, 0.05) is 43.3 Å². The number of hydrogen-bond donors (Lipinski definition) is 1. The molecule has 0 aromatic carbocycles. The van der Waals surface area contributed by atoms with Crippen LogP contribution in [0.5, 0.6) is 0 Å². The zero-order chi connectivity index (χ0) is 21.3. The van der Waals surface area contributed by atoms with Gasteiger partial charge < -0.3 is 14.9 Å². The third-order valence-electron chi connectivity index (χ3n) is 5.19. The lowest BCUT2D eigenvalue weighted by Crippen LogP contribution is -2.48. The second kappa shape index (κ2) is 8.57. The minimum Gasteiger partial charge on any atom is -0.465 e. The lowest BCUT2D eigenvalue weighted by molar-refractivity contribution is 0.0610. The van der Waals surface area contributed by atoms with Gasteiger partial charge in [-0.2, -0.15) is 5.10 Å². The fourth-order valence-corrected chi connectivity index (χ4v) is 4.72. The molecule has 0 atom stereocenters. The van der Waals surface area contributed by atoms with Crippen LogP contribution in [0.3, 0.4) is 0 Å². The minimum atomic E-state index is -0.907. The largest absolute Gasteiger partial charge is 0.465 e. The van der Waals surface area contributed by atoms with Gasteiger partial charge in [-0.1, -0.05) is 18.5 Å². The zero-order valence-electron chi connectivity index (χ0n) is 16.4. The SMILES string of the molecule is CCCN(C(=O)O)C1CCN(C(=O)c2cc(Cl)nc(-c3cnn4ccsc34)n2)CC1. The van der Waals surface area contributed by atoms with Gasteiger partial charge in [-0.25, -0.2) is 19.3 Å². The first-order valence-electron chi connectivity index (χ1n) is 9.72. The van der Waals surface area contributed by atoms with E-state index in [-0.39, 0.29) is 22.8 Å². The Bertz CT molecular complexity index is 1080. The number of hydrogen-bond acceptors (Lipinski definition) is 6. The lowest BCUT2D eigenvalue weighted by Gasteiger charge is -2.37. The number of carboxylic acid groups (broad SMARTS) is 1. The number of piperidine rings is 1. The van der Waals surface area contributed by atoms with Crippen molar-refractivity contribution in [2.24, 2.45) is 0 Å². The number of carbonyl (C=O) groups is 2. The molecule has 1 saturated heterocycles. The van der Waals surface area contributed by atoms with Crippen molar-refractivity contribution in [3.8, 4) is 11.4 Å². The van der Waals surface area contributed by atoms with Gasteiger partial charge in [0.15, 0.2) is 5.82 Å². The number of nitrogens with zero attached hydrogens (tertiary/aromatic N) is 6. The number of aromatic nitrogens is 4. The first kappa shape index (κ1) is 20.5. The Hall–Kier alpha value is -2.72. The van der Waals surface area contributed by atoms with Gasteiger partial charge in [0.2, 0.25) is 0 Å². The molecular formula is C19H21ClN6O3S. The molecule has 4 heterocycles. The van der Waals surface area contributed by atoms with E-state index in [9.17, 15) is 14.7 Å². The Morgan fingerprint density at radius 2 is 2.10 bits per heavy atom. The number of fused-ring (bicyclic) bond motifs is 1. The molecule has 3 aromatic rings. The summed E-state index contributed by atoms with van der Waals surface area (Å²) in [7, 11) is 0. The van der Waals surface area contributed by atoms with Crippen LogP contribution in [0.25, 0.3) is 16.2 Å². The summed E-state index contributed by atoms with van der Waals surface area (Å²) in [6.45, 7) is 3.39. The van der Waals surface area contributed by atoms with Gasteiger partial charge in [-0.05, 0) is 19.3 Å². The summed E-state index contributed by atoms with van der Waals surface area (Å²) in [5, 5.41) is 15.8. The van der Waals surface area contributed by atoms with Crippen LogP contribution < -0.4 is 0 Å². The molecule has 0 unspecified atom stereocenters. The predicted octanol–water partition coefficient (Wildman–Crippen LogP) is 3.50. The third kappa shape index (κ3) is 3.97. The van der Waals surface area contributed by atoms with E-state index in [2.05, 4.69) is 15.1 Å². The second-order valence-corrected chi connectivity index (χ2v) is 8.39. The van der Waals surface area contributed by atoms with Crippen molar-refractivity contribution in [3.05, 3.63) is 34.7 Å². The average molecular weight is 449 g/mol. The molecule has 11 heteroatoms. The molecule has 2 amide bonds. The van der Waals surface area contributed by atoms with Crippen LogP contribution in [0.2, 0.25) is 5.15 Å². The summed E-state index contributed by atoms with van der Waals surface area (Å²) < 4.78 is 1.72. The normalized spacial score (nSPS) is 14.9. The van der Waals surface area contributed by atoms with Crippen molar-refractivity contribution in [3.63, 3.8) is 0 Å². The van der Waals surface area contributed by atoms with Crippen LogP contribution in [-0.4, -0.2) is 72.2 Å². The maximum absolute atomic E-state index is 13.1. The number of thiazole rings is 1. The highest BCUT2D eigenvalue weighted by atomic mass is 35.5. The van der Waals surface area contributed by atoms with Gasteiger partial charge in [-0.15, -0.1) is 11.3 Å². The molecule has 1 aliphatic heterocycles. The van der Waals surface area contributed by atoms with E-state index in [1.54, 1.807) is 15.6 Å². The van der Waals surface area contributed by atoms with E-state index in [0.717, 1.165) is 16.8 Å². The quantitative estimate of drug-likeness (QED) is 0.599. The summed E-state index contributed by atoms with van der Waals surface area (Å²) in [5.41, 5.74) is 0.944. The number of rotatable bonds is 5. The van der Waals surface area contributed by atoms with Crippen LogP contribution in [0, 0.1) is 0 Å². The van der Waals surface area contributed by atoms with E-state index < -0.39 is 6.09 Å². The molecule has 3 aromatic heterocycles. The van der Waals surface area contributed by atoms with Crippen LogP contribution in [0.1, 0.15) is 36.7 Å². The maximum Gasteiger partial charge on any atom is 0.407 e. The highest BCUT2D eigenvalue weighted by Crippen LogP contribution is 2.27. The summed E-state index contributed by atoms with van der Waals surface area (Å²) in [4.78, 5) is 37.3. The van der Waals surface area contributed by atoms with Crippen molar-refractivity contribution in [1.29, 1.82) is 0 Å². The fraction of sp³-hybridized carbons (Fsp3) is 0.421. The fourth-order valence-electron chi connectivity index (χ4n) is 3.75. The van der Waals surface area contributed by atoms with Crippen molar-refractivity contribution < 1.29 is 14.7 Å². The number of likely N-dealkylation sites (tertiary alicyclic amines) is 1. The van der Waals surface area contributed by atoms with Gasteiger partial charge in [0.25, 0.3) is 5.91 Å². The number of carbonyl (C=O) groups excluding carboxylic acids is 1. The van der Waals surface area contributed by atoms with Crippen molar-refractivity contribution in [1.82, 2.24) is 29.4 Å². The molecule has 0 aliphatic carbocycles. The molecule has 0 saturated carbocycles. The molecule has 30 heavy (non-hydrogen) atoms. The minimum absolute atomic E-state index is 0.0735. The first-order chi connectivity index (χ1) is 14.5. The molecule has 158 valence electrons. The third-order valence-corrected chi connectivity index (χ3v) is 6.27. The summed E-state index contributed by atoms with van der Waals surface area (Å²) in [6.07, 6.45) is 4.55. The Morgan fingerprint density at radius 3 is 2.80 bits per heavy atom. The predicted molar refractivity (Wildman–Crippen MR) is 113 cm³/mol. The van der Waals surface area contributed by atoms with Gasteiger partial charge >= 0.3 is 6.09 Å². The molecule has 4 rings (SSSR count).